The first-order chi connectivity index (χ1) is 9.41. The first-order valence-corrected chi connectivity index (χ1v) is 8.07. The van der Waals surface area contributed by atoms with Crippen molar-refractivity contribution in [3.8, 4) is 0 Å². The fourth-order valence-electron chi connectivity index (χ4n) is 2.41. The van der Waals surface area contributed by atoms with Crippen LogP contribution in [-0.4, -0.2) is 32.8 Å². The molecule has 0 amide bonds. The maximum absolute atomic E-state index is 12.7. The highest BCUT2D eigenvalue weighted by Crippen LogP contribution is 2.27. The van der Waals surface area contributed by atoms with Gasteiger partial charge in [0.25, 0.3) is 0 Å². The highest BCUT2D eigenvalue weighted by Gasteiger charge is 2.30. The van der Waals surface area contributed by atoms with Crippen LogP contribution in [0.25, 0.3) is 0 Å². The van der Waals surface area contributed by atoms with Crippen LogP contribution in [0.15, 0.2) is 29.2 Å². The van der Waals surface area contributed by atoms with Crippen molar-refractivity contribution >= 4 is 15.5 Å². The fraction of sp³-hybridized carbons (Fsp3) is 0.538. The number of halogens is 2. The largest absolute Gasteiger partial charge is 0.381 e. The molecule has 0 bridgehead atoms. The van der Waals surface area contributed by atoms with Gasteiger partial charge in [-0.05, 0) is 38.4 Å². The maximum atomic E-state index is 12.7. The van der Waals surface area contributed by atoms with E-state index in [9.17, 15) is 17.2 Å². The number of anilines is 1. The van der Waals surface area contributed by atoms with E-state index in [4.69, 9.17) is 0 Å². The number of benzene rings is 1. The number of nitrogens with one attached hydrogen (secondary N) is 2. The smallest absolute Gasteiger partial charge is 0.341 e. The number of piperidine rings is 1. The Hall–Kier alpha value is -1.21. The number of para-hydroxylation sites is 1. The fourth-order valence-corrected chi connectivity index (χ4v) is 3.31. The molecule has 0 aliphatic carbocycles. The second-order valence-electron chi connectivity index (χ2n) is 5.02. The highest BCUT2D eigenvalue weighted by atomic mass is 32.2. The average Bonchev–Trinajstić information content (AvgIpc) is 2.39. The third kappa shape index (κ3) is 3.27. The van der Waals surface area contributed by atoms with Crippen LogP contribution in [0.3, 0.4) is 0 Å². The number of rotatable bonds is 4. The van der Waals surface area contributed by atoms with Gasteiger partial charge in [-0.3, -0.25) is 0 Å². The second-order valence-corrected chi connectivity index (χ2v) is 6.91. The Balaban J connectivity index is 2.25. The van der Waals surface area contributed by atoms with E-state index in [2.05, 4.69) is 10.6 Å². The molecule has 0 saturated carbocycles. The minimum absolute atomic E-state index is 0.0836. The van der Waals surface area contributed by atoms with Crippen LogP contribution in [0.1, 0.15) is 19.8 Å². The van der Waals surface area contributed by atoms with Gasteiger partial charge in [0.1, 0.15) is 0 Å². The molecule has 20 heavy (non-hydrogen) atoms. The van der Waals surface area contributed by atoms with E-state index in [0.717, 1.165) is 19.4 Å². The van der Waals surface area contributed by atoms with Crippen molar-refractivity contribution in [1.82, 2.24) is 5.32 Å². The van der Waals surface area contributed by atoms with E-state index in [1.54, 1.807) is 6.07 Å². The molecule has 2 atom stereocenters. The van der Waals surface area contributed by atoms with Crippen LogP contribution >= 0.6 is 0 Å². The Morgan fingerprint density at radius 2 is 2.05 bits per heavy atom. The lowest BCUT2D eigenvalue weighted by molar-refractivity contribution is 0.235. The molecule has 112 valence electrons. The van der Waals surface area contributed by atoms with Gasteiger partial charge in [-0.15, -0.1) is 0 Å². The number of hydrogen-bond acceptors (Lipinski definition) is 4. The lowest BCUT2D eigenvalue weighted by atomic mass is 10.0. The summed E-state index contributed by atoms with van der Waals surface area (Å²) in [6, 6.07) is 6.24. The van der Waals surface area contributed by atoms with E-state index in [-0.39, 0.29) is 16.6 Å². The third-order valence-corrected chi connectivity index (χ3v) is 4.85. The standard InChI is InChI=1S/C13H18F2N2O2S/c1-9-8-10(6-7-16-9)17-11-4-2-3-5-12(11)20(18,19)13(14)15/h2-5,9-10,13,16-17H,6-8H2,1H3. The summed E-state index contributed by atoms with van der Waals surface area (Å²) in [4.78, 5) is -0.332. The zero-order valence-corrected chi connectivity index (χ0v) is 12.0. The molecule has 1 aromatic carbocycles. The predicted molar refractivity (Wildman–Crippen MR) is 73.7 cm³/mol. The van der Waals surface area contributed by atoms with Gasteiger partial charge in [-0.2, -0.15) is 8.78 Å². The molecular weight excluding hydrogens is 286 g/mol. The molecule has 1 aromatic rings. The quantitative estimate of drug-likeness (QED) is 0.895. The third-order valence-electron chi connectivity index (χ3n) is 3.41. The van der Waals surface area contributed by atoms with Crippen molar-refractivity contribution in [3.05, 3.63) is 24.3 Å². The lowest BCUT2D eigenvalue weighted by Gasteiger charge is -2.30. The van der Waals surface area contributed by atoms with E-state index in [1.807, 2.05) is 6.92 Å². The monoisotopic (exact) mass is 304 g/mol. The van der Waals surface area contributed by atoms with E-state index >= 15 is 0 Å². The summed E-state index contributed by atoms with van der Waals surface area (Å²) in [5, 5.41) is 6.37. The molecule has 1 saturated heterocycles. The minimum Gasteiger partial charge on any atom is -0.381 e. The van der Waals surface area contributed by atoms with Crippen molar-refractivity contribution in [2.24, 2.45) is 0 Å². The van der Waals surface area contributed by atoms with Gasteiger partial charge in [0.05, 0.1) is 10.6 Å². The number of sulfone groups is 1. The molecule has 7 heteroatoms. The van der Waals surface area contributed by atoms with Crippen LogP contribution in [0, 0.1) is 0 Å². The number of alkyl halides is 2. The van der Waals surface area contributed by atoms with Gasteiger partial charge < -0.3 is 10.6 Å². The number of hydrogen-bond donors (Lipinski definition) is 2. The molecular formula is C13H18F2N2O2S. The second kappa shape index (κ2) is 6.05. The molecule has 2 N–H and O–H groups in total. The van der Waals surface area contributed by atoms with Gasteiger partial charge >= 0.3 is 5.76 Å². The molecule has 0 radical (unpaired) electrons. The van der Waals surface area contributed by atoms with Crippen molar-refractivity contribution < 1.29 is 17.2 Å². The van der Waals surface area contributed by atoms with Gasteiger partial charge in [-0.1, -0.05) is 12.1 Å². The highest BCUT2D eigenvalue weighted by molar-refractivity contribution is 7.91. The molecule has 1 fully saturated rings. The van der Waals surface area contributed by atoms with Crippen LogP contribution in [-0.2, 0) is 9.84 Å². The van der Waals surface area contributed by atoms with E-state index in [1.165, 1.54) is 18.2 Å². The van der Waals surface area contributed by atoms with Crippen LogP contribution in [0.2, 0.25) is 0 Å². The first kappa shape index (κ1) is 15.2. The molecule has 0 aromatic heterocycles. The van der Waals surface area contributed by atoms with Gasteiger partial charge in [0.2, 0.25) is 9.84 Å². The van der Waals surface area contributed by atoms with Crippen LogP contribution in [0.4, 0.5) is 14.5 Å². The summed E-state index contributed by atoms with van der Waals surface area (Å²) in [6.45, 7) is 2.86. The Bertz CT molecular complexity index is 563. The molecule has 2 unspecified atom stereocenters. The summed E-state index contributed by atoms with van der Waals surface area (Å²) in [5.41, 5.74) is 0.256. The topological polar surface area (TPSA) is 58.2 Å². The van der Waals surface area contributed by atoms with E-state index in [0.29, 0.717) is 6.04 Å². The van der Waals surface area contributed by atoms with Crippen LogP contribution in [0.5, 0.6) is 0 Å². The molecule has 4 nitrogen and oxygen atoms in total. The van der Waals surface area contributed by atoms with Crippen molar-refractivity contribution in [2.45, 2.75) is 42.5 Å². The summed E-state index contributed by atoms with van der Waals surface area (Å²) in [7, 11) is -4.58. The molecule has 1 aliphatic rings. The normalized spacial score (nSPS) is 23.8. The Morgan fingerprint density at radius 1 is 1.35 bits per heavy atom. The van der Waals surface area contributed by atoms with Crippen molar-refractivity contribution in [1.29, 1.82) is 0 Å². The molecule has 1 heterocycles. The lowest BCUT2D eigenvalue weighted by Crippen LogP contribution is -2.41. The van der Waals surface area contributed by atoms with Gasteiger partial charge in [0.15, 0.2) is 0 Å². The summed E-state index contributed by atoms with van der Waals surface area (Å²) < 4.78 is 48.7. The van der Waals surface area contributed by atoms with Crippen molar-refractivity contribution in [3.63, 3.8) is 0 Å². The Kier molecular flexibility index (Phi) is 4.59. The zero-order chi connectivity index (χ0) is 14.8. The average molecular weight is 304 g/mol. The zero-order valence-electron chi connectivity index (χ0n) is 11.1. The summed E-state index contributed by atoms with van der Waals surface area (Å²) in [6.07, 6.45) is 1.65. The Labute approximate surface area is 117 Å². The maximum Gasteiger partial charge on any atom is 0.341 e. The van der Waals surface area contributed by atoms with E-state index < -0.39 is 15.6 Å². The molecule has 1 aliphatic heterocycles. The molecule has 2 rings (SSSR count). The van der Waals surface area contributed by atoms with Gasteiger partial charge in [-0.25, -0.2) is 8.42 Å². The van der Waals surface area contributed by atoms with Crippen LogP contribution < -0.4 is 10.6 Å². The van der Waals surface area contributed by atoms with Gasteiger partial charge in [0, 0.05) is 12.1 Å². The first-order valence-electron chi connectivity index (χ1n) is 6.52. The molecule has 0 spiro atoms. The summed E-state index contributed by atoms with van der Waals surface area (Å²) in [5.74, 6) is -3.41. The minimum atomic E-state index is -4.58. The predicted octanol–water partition coefficient (Wildman–Crippen LogP) is 2.24. The Morgan fingerprint density at radius 3 is 2.70 bits per heavy atom. The SMILES string of the molecule is CC1CC(Nc2ccccc2S(=O)(=O)C(F)F)CCN1. The summed E-state index contributed by atoms with van der Waals surface area (Å²) >= 11 is 0. The van der Waals surface area contributed by atoms with Crippen molar-refractivity contribution in [2.75, 3.05) is 11.9 Å².